The van der Waals surface area contributed by atoms with Crippen molar-refractivity contribution in [3.63, 3.8) is 0 Å². The molecule has 0 aliphatic heterocycles. The number of ether oxygens (including phenoxy) is 8. The lowest BCUT2D eigenvalue weighted by atomic mass is 10.1. The SMILES string of the molecule is C#Cc1cc(C(=O)Nc2cc(F)cc(Oc3cncnc3)c2)ccc1F.C#Cc1cccc(C(=O)Nc2cccc(Oc3cncnc3)c2)c1.CC(F)(F)Oc1cccc(C(=O)Nc2cc(F)cc(Oc3cncnc3)c2)c1.COc1cccc(C(=O)Nc2cc(F)cc(Oc3cncnc3)c2)c1.Cc1cccc(C(=O)Nc2cc(F)cc(Oc3cncnc3)c2)c1.Cc1cccc(C(=O)Nc2cccc(Oc3cncnc3)c2)c1. The molecule has 32 nitrogen and oxygen atoms in total. The second-order valence-electron chi connectivity index (χ2n) is 31.0. The Morgan fingerprint density at radius 2 is 0.527 bits per heavy atom. The fraction of sp³-hybridized carbons (Fsp3) is 0.0450. The number of hydrogen-bond acceptors (Lipinski definition) is 26. The van der Waals surface area contributed by atoms with Crippen molar-refractivity contribution in [1.29, 1.82) is 0 Å². The van der Waals surface area contributed by atoms with Gasteiger partial charge in [0.15, 0.2) is 34.5 Å². The van der Waals surface area contributed by atoms with Crippen LogP contribution in [0.2, 0.25) is 0 Å². The first-order valence-electron chi connectivity index (χ1n) is 44.2. The lowest BCUT2D eigenvalue weighted by molar-refractivity contribution is -0.159. The second kappa shape index (κ2) is 53.2. The van der Waals surface area contributed by atoms with Crippen molar-refractivity contribution in [2.45, 2.75) is 26.9 Å². The molecule has 6 heterocycles. The standard InChI is InChI=1S/C19H14F3N3O3.C19H11F2N3O2.C19H13N3O2.C18H14FN3O3.C18H14FN3O2.C18H15N3O2/c1-19(21,22)28-15-4-2-3-12(5-15)18(26)25-14-6-13(20)7-16(8-14)27-17-9-23-11-24-10-17;1-2-12-5-13(3-4-18(12)21)19(25)24-15-6-14(20)7-16(8-15)26-17-9-22-11-23-10-17;1-2-14-5-3-6-15(9-14)19(23)22-16-7-4-8-17(10-16)24-18-11-20-13-21-12-18;1-24-15-4-2-3-12(5-15)18(23)22-14-6-13(19)7-16(8-14)25-17-9-20-11-21-10-17;1-12-3-2-4-13(5-12)18(23)22-15-6-14(19)7-16(8-15)24-17-9-20-11-21-10-17;1-13-4-2-5-14(8-13)18(22)21-15-6-3-7-16(9-15)23-17-10-19-12-20-11-17/h2-11H,1H3,(H,25,26);1,3-11H,(H,24,25);1,3-13H,(H,22,23);2-11H,1H3,(H,22,23);2-11H,1H3,(H,22,23);2-12H,1H3,(H,21,22). The van der Waals surface area contributed by atoms with Crippen molar-refractivity contribution in [3.8, 4) is 105 Å². The lowest BCUT2D eigenvalue weighted by Crippen LogP contribution is -2.19. The molecule has 0 atom stereocenters. The molecule has 18 rings (SSSR count). The monoisotopic (exact) mass is 2020 g/mol. The third-order valence-electron chi connectivity index (χ3n) is 19.3. The average molecular weight is 2020 g/mol. The Labute approximate surface area is 851 Å². The van der Waals surface area contributed by atoms with E-state index < -0.39 is 52.9 Å². The lowest BCUT2D eigenvalue weighted by Gasteiger charge is -2.14. The molecule has 18 aromatic rings. The van der Waals surface area contributed by atoms with Gasteiger partial charge in [-0.3, -0.25) is 28.8 Å². The molecule has 6 N–H and O–H groups in total. The summed E-state index contributed by atoms with van der Waals surface area (Å²) in [6.45, 7) is 4.44. The van der Waals surface area contributed by atoms with Crippen LogP contribution in [0.4, 0.5) is 64.9 Å². The van der Waals surface area contributed by atoms with E-state index in [4.69, 9.17) is 46.0 Å². The number of benzene rings is 12. The van der Waals surface area contributed by atoms with Gasteiger partial charge >= 0.3 is 6.11 Å². The highest BCUT2D eigenvalue weighted by molar-refractivity contribution is 6.08. The maximum absolute atomic E-state index is 13.9. The van der Waals surface area contributed by atoms with E-state index in [0.717, 1.165) is 47.5 Å². The minimum Gasteiger partial charge on any atom is -0.497 e. The topological polar surface area (TPSA) is 403 Å². The van der Waals surface area contributed by atoms with Gasteiger partial charge in [-0.05, 0) is 159 Å². The predicted molar refractivity (Wildman–Crippen MR) is 541 cm³/mol. The highest BCUT2D eigenvalue weighted by atomic mass is 19.3. The Hall–Kier alpha value is -21.0. The molecule has 39 heteroatoms. The first kappa shape index (κ1) is 106. The molecular weight excluding hydrogens is 1940 g/mol. The number of aromatic nitrogens is 12. The molecule has 0 saturated carbocycles. The molecule has 0 aliphatic carbocycles. The molecule has 6 aromatic heterocycles. The highest BCUT2D eigenvalue weighted by Crippen LogP contribution is 2.34. The van der Waals surface area contributed by atoms with Crippen molar-refractivity contribution in [1.82, 2.24) is 59.8 Å². The molecule has 0 fully saturated rings. The number of terminal acetylenes is 2. The fourth-order valence-electron chi connectivity index (χ4n) is 12.9. The number of methoxy groups -OCH3 is 1. The van der Waals surface area contributed by atoms with E-state index in [0.29, 0.717) is 97.8 Å². The molecule has 0 radical (unpaired) electrons. The van der Waals surface area contributed by atoms with Crippen LogP contribution in [0.3, 0.4) is 0 Å². The number of hydrogen-bond donors (Lipinski definition) is 6. The van der Waals surface area contributed by atoms with E-state index >= 15 is 0 Å². The summed E-state index contributed by atoms with van der Waals surface area (Å²) >= 11 is 0. The van der Waals surface area contributed by atoms with Crippen molar-refractivity contribution in [2.24, 2.45) is 0 Å². The third kappa shape index (κ3) is 34.7. The summed E-state index contributed by atoms with van der Waals surface area (Å²) < 4.78 is 137. The van der Waals surface area contributed by atoms with Crippen LogP contribution in [-0.2, 0) is 0 Å². The van der Waals surface area contributed by atoms with Crippen LogP contribution in [0.15, 0.2) is 373 Å². The number of rotatable bonds is 27. The minimum atomic E-state index is -3.38. The van der Waals surface area contributed by atoms with Crippen LogP contribution >= 0.6 is 0 Å². The third-order valence-corrected chi connectivity index (χ3v) is 19.3. The van der Waals surface area contributed by atoms with Gasteiger partial charge < -0.3 is 69.8 Å². The van der Waals surface area contributed by atoms with Crippen molar-refractivity contribution in [2.75, 3.05) is 39.0 Å². The van der Waals surface area contributed by atoms with Crippen LogP contribution < -0.4 is 69.8 Å². The summed E-state index contributed by atoms with van der Waals surface area (Å²) in [7, 11) is 1.51. The molecular formula is C111H81F7N18O14. The first-order valence-corrected chi connectivity index (χ1v) is 44.2. The van der Waals surface area contributed by atoms with Crippen molar-refractivity contribution in [3.05, 3.63) is 458 Å². The van der Waals surface area contributed by atoms with Crippen LogP contribution in [0.25, 0.3) is 0 Å². The van der Waals surface area contributed by atoms with Crippen molar-refractivity contribution < 1.29 is 97.4 Å². The van der Waals surface area contributed by atoms with E-state index in [2.05, 4.69) is 108 Å². The molecule has 0 bridgehead atoms. The summed E-state index contributed by atoms with van der Waals surface area (Å²) in [6.07, 6.45) is 33.1. The van der Waals surface area contributed by atoms with Crippen LogP contribution in [0, 0.1) is 67.6 Å². The number of carbonyl (C=O) groups is 6. The zero-order valence-corrected chi connectivity index (χ0v) is 79.1. The predicted octanol–water partition coefficient (Wildman–Crippen LogP) is 23.4. The van der Waals surface area contributed by atoms with E-state index in [9.17, 15) is 59.5 Å². The van der Waals surface area contributed by atoms with Crippen LogP contribution in [-0.4, -0.2) is 108 Å². The Morgan fingerprint density at radius 3 is 0.833 bits per heavy atom. The largest absolute Gasteiger partial charge is 0.497 e. The molecule has 6 amide bonds. The van der Waals surface area contributed by atoms with Gasteiger partial charge in [-0.1, -0.05) is 77.6 Å². The zero-order chi connectivity index (χ0) is 106. The number of nitrogens with zero attached hydrogens (tertiary/aromatic N) is 12. The Morgan fingerprint density at radius 1 is 0.267 bits per heavy atom. The maximum Gasteiger partial charge on any atom is 0.394 e. The fourth-order valence-corrected chi connectivity index (χ4v) is 12.9. The summed E-state index contributed by atoms with van der Waals surface area (Å²) in [6, 6.07) is 66.4. The van der Waals surface area contributed by atoms with Gasteiger partial charge in [0.2, 0.25) is 0 Å². The van der Waals surface area contributed by atoms with Gasteiger partial charge in [-0.2, -0.15) is 8.78 Å². The smallest absolute Gasteiger partial charge is 0.394 e. The normalized spacial score (nSPS) is 10.2. The van der Waals surface area contributed by atoms with Gasteiger partial charge in [-0.15, -0.1) is 12.8 Å². The van der Waals surface area contributed by atoms with E-state index in [1.807, 2.05) is 50.2 Å². The maximum atomic E-state index is 13.9. The molecule has 0 spiro atoms. The van der Waals surface area contributed by atoms with Gasteiger partial charge in [0.1, 0.15) is 113 Å². The Kier molecular flexibility index (Phi) is 37.7. The van der Waals surface area contributed by atoms with E-state index in [1.54, 1.807) is 134 Å². The molecule has 0 unspecified atom stereocenters. The van der Waals surface area contributed by atoms with Gasteiger partial charge in [0.05, 0.1) is 87.0 Å². The zero-order valence-electron chi connectivity index (χ0n) is 79.1. The minimum absolute atomic E-state index is 0.0370. The number of amides is 6. The van der Waals surface area contributed by atoms with Gasteiger partial charge in [0.25, 0.3) is 35.4 Å². The number of nitrogens with one attached hydrogen (secondary N) is 6. The number of halogens is 7. The first-order chi connectivity index (χ1) is 72.5. The Balaban J connectivity index is 0.000000150. The number of anilines is 6. The van der Waals surface area contributed by atoms with Gasteiger partial charge in [0, 0.05) is 141 Å². The molecule has 0 saturated heterocycles. The summed E-state index contributed by atoms with van der Waals surface area (Å²) in [5, 5.41) is 16.0. The molecule has 12 aromatic carbocycles. The number of aryl methyl sites for hydroxylation is 2. The second-order valence-corrected chi connectivity index (χ2v) is 31.0. The molecule has 150 heavy (non-hydrogen) atoms. The molecule has 0 aliphatic rings. The summed E-state index contributed by atoms with van der Waals surface area (Å²) in [5.74, 6) is 4.08. The average Bonchev–Trinajstić information content (AvgIpc) is 0.839. The van der Waals surface area contributed by atoms with Crippen LogP contribution in [0.1, 0.15) is 91.3 Å². The number of carbonyl (C=O) groups excluding carboxylic acids is 6. The number of alkyl halides is 2. The van der Waals surface area contributed by atoms with Crippen LogP contribution in [0.5, 0.6) is 80.5 Å². The highest BCUT2D eigenvalue weighted by Gasteiger charge is 2.25. The summed E-state index contributed by atoms with van der Waals surface area (Å²) in [5.41, 5.74) is 6.94. The van der Waals surface area contributed by atoms with E-state index in [-0.39, 0.29) is 86.0 Å². The molecule has 748 valence electrons. The summed E-state index contributed by atoms with van der Waals surface area (Å²) in [4.78, 5) is 120. The van der Waals surface area contributed by atoms with E-state index in [1.165, 1.54) is 174 Å². The Bertz CT molecular complexity index is 7820. The van der Waals surface area contributed by atoms with Gasteiger partial charge in [-0.25, -0.2) is 81.8 Å². The quantitative estimate of drug-likeness (QED) is 0.0206. The van der Waals surface area contributed by atoms with Crippen molar-refractivity contribution >= 4 is 69.6 Å².